The van der Waals surface area contributed by atoms with Crippen molar-refractivity contribution in [2.75, 3.05) is 13.7 Å². The minimum absolute atomic E-state index is 0.115. The first-order valence-corrected chi connectivity index (χ1v) is 5.49. The summed E-state index contributed by atoms with van der Waals surface area (Å²) in [6, 6.07) is 1.81. The van der Waals surface area contributed by atoms with E-state index in [4.69, 9.17) is 22.1 Å². The van der Waals surface area contributed by atoms with Crippen molar-refractivity contribution >= 4 is 11.6 Å². The molecule has 0 bridgehead atoms. The van der Waals surface area contributed by atoms with E-state index in [1.54, 1.807) is 14.0 Å². The number of methoxy groups -OCH3 is 1. The Morgan fingerprint density at radius 1 is 1.50 bits per heavy atom. The highest BCUT2D eigenvalue weighted by molar-refractivity contribution is 6.32. The highest BCUT2D eigenvalue weighted by atomic mass is 35.5. The van der Waals surface area contributed by atoms with Gasteiger partial charge < -0.3 is 15.6 Å². The highest BCUT2D eigenvalue weighted by Gasteiger charge is 2.28. The molecule has 4 heteroatoms. The Morgan fingerprint density at radius 2 is 2.06 bits per heavy atom. The molecular formula is C12H18ClNO2. The molecule has 16 heavy (non-hydrogen) atoms. The second-order valence-corrected chi connectivity index (χ2v) is 4.57. The van der Waals surface area contributed by atoms with Crippen molar-refractivity contribution in [3.05, 3.63) is 27.8 Å². The molecular weight excluding hydrogens is 226 g/mol. The Labute approximate surface area is 101 Å². The Balaban J connectivity index is 3.53. The lowest BCUT2D eigenvalue weighted by Gasteiger charge is -2.27. The van der Waals surface area contributed by atoms with Crippen LogP contribution in [0.2, 0.25) is 5.02 Å². The first-order chi connectivity index (χ1) is 7.35. The van der Waals surface area contributed by atoms with Crippen molar-refractivity contribution in [1.29, 1.82) is 0 Å². The summed E-state index contributed by atoms with van der Waals surface area (Å²) in [4.78, 5) is 0. The van der Waals surface area contributed by atoms with Crippen molar-refractivity contribution in [2.45, 2.75) is 26.4 Å². The lowest BCUT2D eigenvalue weighted by Crippen LogP contribution is -2.32. The molecule has 0 heterocycles. The third-order valence-corrected chi connectivity index (χ3v) is 3.38. The van der Waals surface area contributed by atoms with Crippen molar-refractivity contribution in [3.63, 3.8) is 0 Å². The standard InChI is InChI=1S/C12H18ClNO2/c1-7-5-9(16-4)10(8(2)11(7)13)12(3,15)6-14/h5,15H,6,14H2,1-4H3. The van der Waals surface area contributed by atoms with Crippen molar-refractivity contribution in [1.82, 2.24) is 0 Å². The number of hydrogen-bond donors (Lipinski definition) is 2. The number of aliphatic hydroxyl groups is 1. The summed E-state index contributed by atoms with van der Waals surface area (Å²) >= 11 is 6.17. The summed E-state index contributed by atoms with van der Waals surface area (Å²) in [6.45, 7) is 5.53. The van der Waals surface area contributed by atoms with Gasteiger partial charge in [-0.1, -0.05) is 11.6 Å². The van der Waals surface area contributed by atoms with E-state index in [1.165, 1.54) is 0 Å². The summed E-state index contributed by atoms with van der Waals surface area (Å²) in [5, 5.41) is 10.9. The number of halogens is 1. The first kappa shape index (κ1) is 13.3. The van der Waals surface area contributed by atoms with Crippen LogP contribution in [-0.4, -0.2) is 18.8 Å². The lowest BCUT2D eigenvalue weighted by molar-refractivity contribution is 0.0634. The summed E-state index contributed by atoms with van der Waals surface area (Å²) in [5.41, 5.74) is 6.84. The zero-order valence-electron chi connectivity index (χ0n) is 10.1. The number of ether oxygens (including phenoxy) is 1. The maximum Gasteiger partial charge on any atom is 0.125 e. The molecule has 0 aliphatic rings. The van der Waals surface area contributed by atoms with E-state index in [0.717, 1.165) is 11.1 Å². The van der Waals surface area contributed by atoms with Gasteiger partial charge in [0.2, 0.25) is 0 Å². The van der Waals surface area contributed by atoms with Crippen LogP contribution in [0.1, 0.15) is 23.6 Å². The molecule has 0 aliphatic carbocycles. The molecule has 0 aromatic heterocycles. The average molecular weight is 244 g/mol. The van der Waals surface area contributed by atoms with Gasteiger partial charge in [0.05, 0.1) is 7.11 Å². The van der Waals surface area contributed by atoms with Crippen molar-refractivity contribution < 1.29 is 9.84 Å². The fraction of sp³-hybridized carbons (Fsp3) is 0.500. The van der Waals surface area contributed by atoms with Crippen LogP contribution in [0.3, 0.4) is 0 Å². The predicted molar refractivity (Wildman–Crippen MR) is 66.1 cm³/mol. The molecule has 0 fully saturated rings. The molecule has 90 valence electrons. The van der Waals surface area contributed by atoms with Gasteiger partial charge in [-0.2, -0.15) is 0 Å². The fourth-order valence-corrected chi connectivity index (χ4v) is 2.00. The van der Waals surface area contributed by atoms with Crippen LogP contribution in [0.25, 0.3) is 0 Å². The Kier molecular flexibility index (Phi) is 3.84. The smallest absolute Gasteiger partial charge is 0.125 e. The molecule has 0 amide bonds. The molecule has 0 radical (unpaired) electrons. The van der Waals surface area contributed by atoms with Crippen molar-refractivity contribution in [3.8, 4) is 5.75 Å². The fourth-order valence-electron chi connectivity index (χ4n) is 1.85. The van der Waals surface area contributed by atoms with Gasteiger partial charge in [0.15, 0.2) is 0 Å². The molecule has 0 saturated heterocycles. The van der Waals surface area contributed by atoms with E-state index >= 15 is 0 Å². The van der Waals surface area contributed by atoms with Crippen LogP contribution in [-0.2, 0) is 5.60 Å². The molecule has 1 rings (SSSR count). The molecule has 0 saturated carbocycles. The number of benzene rings is 1. The van der Waals surface area contributed by atoms with Crippen LogP contribution in [0.5, 0.6) is 5.75 Å². The third kappa shape index (κ3) is 2.17. The van der Waals surface area contributed by atoms with E-state index in [1.807, 2.05) is 19.9 Å². The molecule has 1 atom stereocenters. The molecule has 3 N–H and O–H groups in total. The van der Waals surface area contributed by atoms with Gasteiger partial charge in [-0.25, -0.2) is 0 Å². The predicted octanol–water partition coefficient (Wildman–Crippen LogP) is 2.13. The van der Waals surface area contributed by atoms with Gasteiger partial charge in [0.25, 0.3) is 0 Å². The largest absolute Gasteiger partial charge is 0.496 e. The molecule has 1 aromatic rings. The highest BCUT2D eigenvalue weighted by Crippen LogP contribution is 2.37. The summed E-state index contributed by atoms with van der Waals surface area (Å²) < 4.78 is 5.28. The second-order valence-electron chi connectivity index (χ2n) is 4.19. The van der Waals surface area contributed by atoms with Crippen molar-refractivity contribution in [2.24, 2.45) is 5.73 Å². The van der Waals surface area contributed by atoms with Crippen LogP contribution >= 0.6 is 11.6 Å². The maximum atomic E-state index is 10.2. The number of nitrogens with two attached hydrogens (primary N) is 1. The molecule has 0 aliphatic heterocycles. The normalized spacial score (nSPS) is 14.7. The molecule has 1 aromatic carbocycles. The van der Waals surface area contributed by atoms with Gasteiger partial charge in [-0.3, -0.25) is 0 Å². The van der Waals surface area contributed by atoms with E-state index in [-0.39, 0.29) is 6.54 Å². The quantitative estimate of drug-likeness (QED) is 0.855. The lowest BCUT2D eigenvalue weighted by atomic mass is 9.90. The minimum Gasteiger partial charge on any atom is -0.496 e. The van der Waals surface area contributed by atoms with Gasteiger partial charge in [0.1, 0.15) is 11.4 Å². The number of aryl methyl sites for hydroxylation is 1. The average Bonchev–Trinajstić information content (AvgIpc) is 2.24. The topological polar surface area (TPSA) is 55.5 Å². The first-order valence-electron chi connectivity index (χ1n) is 5.11. The Morgan fingerprint density at radius 3 is 2.50 bits per heavy atom. The Hall–Kier alpha value is -0.770. The van der Waals surface area contributed by atoms with E-state index < -0.39 is 5.60 Å². The van der Waals surface area contributed by atoms with Gasteiger partial charge in [-0.05, 0) is 38.0 Å². The number of rotatable bonds is 3. The van der Waals surface area contributed by atoms with Gasteiger partial charge >= 0.3 is 0 Å². The monoisotopic (exact) mass is 243 g/mol. The van der Waals surface area contributed by atoms with E-state index in [2.05, 4.69) is 0 Å². The third-order valence-electron chi connectivity index (χ3n) is 2.80. The van der Waals surface area contributed by atoms with Crippen LogP contribution < -0.4 is 10.5 Å². The van der Waals surface area contributed by atoms with Crippen LogP contribution in [0.15, 0.2) is 6.07 Å². The summed E-state index contributed by atoms with van der Waals surface area (Å²) in [6.07, 6.45) is 0. The van der Waals surface area contributed by atoms with Crippen LogP contribution in [0.4, 0.5) is 0 Å². The van der Waals surface area contributed by atoms with E-state index in [9.17, 15) is 5.11 Å². The summed E-state index contributed by atoms with van der Waals surface area (Å²) in [7, 11) is 1.57. The zero-order valence-corrected chi connectivity index (χ0v) is 10.9. The van der Waals surface area contributed by atoms with Gasteiger partial charge in [0, 0.05) is 17.1 Å². The molecule has 0 spiro atoms. The zero-order chi connectivity index (χ0) is 12.5. The Bertz CT molecular complexity index is 402. The molecule has 3 nitrogen and oxygen atoms in total. The SMILES string of the molecule is COc1cc(C)c(Cl)c(C)c1C(C)(O)CN. The van der Waals surface area contributed by atoms with E-state index in [0.29, 0.717) is 16.3 Å². The minimum atomic E-state index is -1.13. The second kappa shape index (κ2) is 4.62. The number of hydrogen-bond acceptors (Lipinski definition) is 3. The molecule has 1 unspecified atom stereocenters. The maximum absolute atomic E-state index is 10.2. The van der Waals surface area contributed by atoms with Crippen LogP contribution in [0, 0.1) is 13.8 Å². The van der Waals surface area contributed by atoms with Gasteiger partial charge in [-0.15, -0.1) is 0 Å². The summed E-state index contributed by atoms with van der Waals surface area (Å²) in [5.74, 6) is 0.620.